The number of fused-ring (bicyclic) bond motifs is 1. The molecule has 2 aliphatic rings. The Hall–Kier alpha value is -1.17. The van der Waals surface area contributed by atoms with E-state index in [9.17, 15) is 9.50 Å². The molecule has 2 heterocycles. The third kappa shape index (κ3) is 1.59. The van der Waals surface area contributed by atoms with Crippen molar-refractivity contribution in [1.29, 1.82) is 0 Å². The third-order valence-corrected chi connectivity index (χ3v) is 4.66. The van der Waals surface area contributed by atoms with Crippen LogP contribution in [0.25, 0.3) is 0 Å². The van der Waals surface area contributed by atoms with E-state index in [0.29, 0.717) is 12.2 Å². The van der Waals surface area contributed by atoms with Gasteiger partial charge in [-0.25, -0.2) is 9.28 Å². The van der Waals surface area contributed by atoms with Crippen molar-refractivity contribution in [2.24, 2.45) is 10.8 Å². The van der Waals surface area contributed by atoms with Gasteiger partial charge in [0.15, 0.2) is 5.60 Å². The molecule has 0 radical (unpaired) electrons. The summed E-state index contributed by atoms with van der Waals surface area (Å²) < 4.78 is 19.7. The summed E-state index contributed by atoms with van der Waals surface area (Å²) in [4.78, 5) is 11.0. The number of aromatic hydroxyl groups is 1. The highest BCUT2D eigenvalue weighted by atomic mass is 19.1. The van der Waals surface area contributed by atoms with E-state index in [1.54, 1.807) is 0 Å². The first-order chi connectivity index (χ1) is 9.56. The van der Waals surface area contributed by atoms with Crippen LogP contribution in [-0.2, 0) is 20.3 Å². The first-order valence-corrected chi connectivity index (χ1v) is 7.07. The Morgan fingerprint density at radius 2 is 1.81 bits per heavy atom. The van der Waals surface area contributed by atoms with Crippen molar-refractivity contribution < 1.29 is 24.0 Å². The van der Waals surface area contributed by atoms with Crippen molar-refractivity contribution in [1.82, 2.24) is 0 Å². The molecule has 2 atom stereocenters. The molecule has 0 amide bonds. The minimum Gasteiger partial charge on any atom is -0.508 e. The molecule has 2 saturated heterocycles. The molecule has 0 unspecified atom stereocenters. The fourth-order valence-electron chi connectivity index (χ4n) is 4.00. The number of rotatable bonds is 1. The molecule has 116 valence electrons. The lowest BCUT2D eigenvalue weighted by molar-refractivity contribution is -0.626. The van der Waals surface area contributed by atoms with Gasteiger partial charge >= 0.3 is 0 Å². The summed E-state index contributed by atoms with van der Waals surface area (Å²) in [6.07, 6.45) is 0. The Morgan fingerprint density at radius 3 is 2.29 bits per heavy atom. The van der Waals surface area contributed by atoms with Crippen molar-refractivity contribution in [2.75, 3.05) is 6.61 Å². The standard InChI is InChI=1S/C16H21FO4/c1-13(2,3)16-14(4,5)9-19-15(16,20-21-16)10-6-11(17)8-12(18)7-10/h6-8,18H,9H2,1-5H3/t15-,16-/m0/s1. The number of hydrogen-bond acceptors (Lipinski definition) is 4. The zero-order valence-electron chi connectivity index (χ0n) is 13.0. The van der Waals surface area contributed by atoms with Crippen molar-refractivity contribution in [2.45, 2.75) is 46.0 Å². The van der Waals surface area contributed by atoms with Gasteiger partial charge in [-0.05, 0) is 12.1 Å². The van der Waals surface area contributed by atoms with E-state index < -0.39 is 17.2 Å². The molecule has 0 bridgehead atoms. The van der Waals surface area contributed by atoms with Crippen LogP contribution < -0.4 is 0 Å². The summed E-state index contributed by atoms with van der Waals surface area (Å²) in [5, 5.41) is 9.70. The second-order valence-electron chi connectivity index (χ2n) is 7.59. The van der Waals surface area contributed by atoms with Gasteiger partial charge in [-0.1, -0.05) is 34.6 Å². The van der Waals surface area contributed by atoms with Crippen LogP contribution >= 0.6 is 0 Å². The van der Waals surface area contributed by atoms with Gasteiger partial charge in [-0.2, -0.15) is 4.89 Å². The summed E-state index contributed by atoms with van der Waals surface area (Å²) >= 11 is 0. The zero-order chi connectivity index (χ0) is 15.7. The zero-order valence-corrected chi connectivity index (χ0v) is 13.0. The number of hydrogen-bond donors (Lipinski definition) is 1. The van der Waals surface area contributed by atoms with Crippen LogP contribution in [0, 0.1) is 16.6 Å². The van der Waals surface area contributed by atoms with Gasteiger partial charge in [-0.15, -0.1) is 0 Å². The van der Waals surface area contributed by atoms with Crippen molar-refractivity contribution in [3.05, 3.63) is 29.6 Å². The maximum Gasteiger partial charge on any atom is 0.261 e. The summed E-state index contributed by atoms with van der Waals surface area (Å²) in [5.41, 5.74) is -0.974. The van der Waals surface area contributed by atoms with Crippen LogP contribution in [0.15, 0.2) is 18.2 Å². The summed E-state index contributed by atoms with van der Waals surface area (Å²) in [5.74, 6) is -1.90. The van der Waals surface area contributed by atoms with Gasteiger partial charge in [0.1, 0.15) is 11.6 Å². The number of phenolic OH excluding ortho intramolecular Hbond substituents is 1. The lowest BCUT2D eigenvalue weighted by atomic mass is 9.57. The predicted octanol–water partition coefficient (Wildman–Crippen LogP) is 3.49. The highest BCUT2D eigenvalue weighted by molar-refractivity contribution is 5.37. The monoisotopic (exact) mass is 296 g/mol. The third-order valence-electron chi connectivity index (χ3n) is 4.66. The fourth-order valence-corrected chi connectivity index (χ4v) is 4.00. The Labute approximate surface area is 123 Å². The van der Waals surface area contributed by atoms with Gasteiger partial charge in [0.2, 0.25) is 0 Å². The van der Waals surface area contributed by atoms with Gasteiger partial charge in [0.05, 0.1) is 6.61 Å². The summed E-state index contributed by atoms with van der Waals surface area (Å²) in [7, 11) is 0. The van der Waals surface area contributed by atoms with E-state index in [1.807, 2.05) is 34.6 Å². The van der Waals surface area contributed by atoms with Crippen LogP contribution in [0.1, 0.15) is 40.2 Å². The first kappa shape index (κ1) is 14.8. The lowest BCUT2D eigenvalue weighted by Crippen LogP contribution is -2.73. The van der Waals surface area contributed by atoms with E-state index in [-0.39, 0.29) is 16.6 Å². The predicted molar refractivity (Wildman–Crippen MR) is 73.8 cm³/mol. The maximum absolute atomic E-state index is 13.7. The topological polar surface area (TPSA) is 47.9 Å². The van der Waals surface area contributed by atoms with Crippen LogP contribution in [0.5, 0.6) is 5.75 Å². The Morgan fingerprint density at radius 1 is 1.14 bits per heavy atom. The lowest BCUT2D eigenvalue weighted by Gasteiger charge is -2.61. The Balaban J connectivity index is 2.21. The summed E-state index contributed by atoms with van der Waals surface area (Å²) in [6, 6.07) is 3.84. The molecule has 21 heavy (non-hydrogen) atoms. The molecule has 4 nitrogen and oxygen atoms in total. The largest absolute Gasteiger partial charge is 0.508 e. The number of benzene rings is 1. The smallest absolute Gasteiger partial charge is 0.261 e. The average molecular weight is 296 g/mol. The molecule has 0 spiro atoms. The Kier molecular flexibility index (Phi) is 2.79. The molecule has 2 fully saturated rings. The summed E-state index contributed by atoms with van der Waals surface area (Å²) in [6.45, 7) is 10.6. The molecule has 1 aromatic rings. The second-order valence-corrected chi connectivity index (χ2v) is 7.59. The Bertz CT molecular complexity index is 572. The molecule has 2 aliphatic heterocycles. The van der Waals surface area contributed by atoms with Crippen LogP contribution in [0.3, 0.4) is 0 Å². The number of phenols is 1. The molecule has 5 heteroatoms. The van der Waals surface area contributed by atoms with Crippen molar-refractivity contribution >= 4 is 0 Å². The van der Waals surface area contributed by atoms with E-state index in [0.717, 1.165) is 6.07 Å². The minimum atomic E-state index is -1.20. The van der Waals surface area contributed by atoms with E-state index in [2.05, 4.69) is 0 Å². The van der Waals surface area contributed by atoms with Crippen molar-refractivity contribution in [3.63, 3.8) is 0 Å². The number of halogens is 1. The van der Waals surface area contributed by atoms with Gasteiger partial charge in [-0.3, -0.25) is 0 Å². The molecule has 0 aliphatic carbocycles. The molecule has 1 N–H and O–H groups in total. The van der Waals surface area contributed by atoms with Gasteiger partial charge in [0.25, 0.3) is 5.79 Å². The van der Waals surface area contributed by atoms with Crippen LogP contribution in [0.2, 0.25) is 0 Å². The van der Waals surface area contributed by atoms with Crippen LogP contribution in [0.4, 0.5) is 4.39 Å². The van der Waals surface area contributed by atoms with E-state index >= 15 is 0 Å². The molecule has 1 aromatic carbocycles. The highest BCUT2D eigenvalue weighted by Crippen LogP contribution is 2.69. The maximum atomic E-state index is 13.7. The highest BCUT2D eigenvalue weighted by Gasteiger charge is 2.81. The first-order valence-electron chi connectivity index (χ1n) is 7.07. The van der Waals surface area contributed by atoms with Gasteiger partial charge < -0.3 is 9.84 Å². The van der Waals surface area contributed by atoms with Gasteiger partial charge in [0, 0.05) is 22.5 Å². The van der Waals surface area contributed by atoms with E-state index in [4.69, 9.17) is 14.5 Å². The van der Waals surface area contributed by atoms with E-state index in [1.165, 1.54) is 12.1 Å². The molecule has 0 saturated carbocycles. The second kappa shape index (κ2) is 3.97. The molecule has 3 rings (SSSR count). The average Bonchev–Trinajstić information content (AvgIpc) is 2.39. The SMILES string of the molecule is CC(C)(C)[C@@]12OO[C@]1(c1cc(O)cc(F)c1)OCC2(C)C. The van der Waals surface area contributed by atoms with Crippen molar-refractivity contribution in [3.8, 4) is 5.75 Å². The molecular formula is C16H21FO4. The molecule has 0 aromatic heterocycles. The molecular weight excluding hydrogens is 275 g/mol. The quantitative estimate of drug-likeness (QED) is 0.806. The number of ether oxygens (including phenoxy) is 1. The minimum absolute atomic E-state index is 0.161. The van der Waals surface area contributed by atoms with Crippen LogP contribution in [-0.4, -0.2) is 17.3 Å². The fraction of sp³-hybridized carbons (Fsp3) is 0.625. The normalized spacial score (nSPS) is 34.4.